The van der Waals surface area contributed by atoms with Gasteiger partial charge in [-0.3, -0.25) is 9.10 Å². The van der Waals surface area contributed by atoms with Gasteiger partial charge in [-0.15, -0.1) is 0 Å². The maximum Gasteiger partial charge on any atom is 0.251 e. The largest absolute Gasteiger partial charge is 0.380 e. The minimum atomic E-state index is -3.31. The number of nitrogens with zero attached hydrogens (tertiary/aromatic N) is 2. The van der Waals surface area contributed by atoms with Crippen molar-refractivity contribution in [3.63, 3.8) is 0 Å². The zero-order valence-electron chi connectivity index (χ0n) is 14.4. The molecule has 1 aliphatic heterocycles. The molecule has 0 radical (unpaired) electrons. The summed E-state index contributed by atoms with van der Waals surface area (Å²) in [6, 6.07) is 6.50. The number of hydrogen-bond acceptors (Lipinski definition) is 5. The molecule has 0 spiro atoms. The number of carbonyl (C=O) groups excluding carboxylic acids is 1. The Kier molecular flexibility index (Phi) is 6.20. The number of rotatable bonds is 5. The molecule has 134 valence electrons. The third-order valence-electron chi connectivity index (χ3n) is 4.08. The van der Waals surface area contributed by atoms with E-state index in [1.807, 2.05) is 7.05 Å². The Bertz CT molecular complexity index is 660. The number of nitrogens with one attached hydrogen (secondary N) is 1. The molecule has 0 saturated carbocycles. The Labute approximate surface area is 143 Å². The van der Waals surface area contributed by atoms with Crippen molar-refractivity contribution in [1.29, 1.82) is 0 Å². The molecule has 8 heteroatoms. The molecular weight excluding hydrogens is 330 g/mol. The van der Waals surface area contributed by atoms with Crippen LogP contribution in [0.25, 0.3) is 0 Å². The Morgan fingerprint density at radius 1 is 1.38 bits per heavy atom. The number of hydrogen-bond donors (Lipinski definition) is 1. The summed E-state index contributed by atoms with van der Waals surface area (Å²) in [4.78, 5) is 14.4. The molecule has 2 rings (SSSR count). The number of carbonyl (C=O) groups is 1. The summed E-state index contributed by atoms with van der Waals surface area (Å²) in [7, 11) is 0.213. The van der Waals surface area contributed by atoms with E-state index in [1.54, 1.807) is 24.3 Å². The van der Waals surface area contributed by atoms with E-state index in [0.29, 0.717) is 24.4 Å². The second-order valence-corrected chi connectivity index (χ2v) is 8.20. The number of anilines is 1. The minimum Gasteiger partial charge on any atom is -0.380 e. The van der Waals surface area contributed by atoms with Gasteiger partial charge in [0.2, 0.25) is 10.0 Å². The fourth-order valence-electron chi connectivity index (χ4n) is 2.53. The van der Waals surface area contributed by atoms with E-state index < -0.39 is 10.0 Å². The molecule has 1 saturated heterocycles. The lowest BCUT2D eigenvalue weighted by atomic mass is 10.1. The van der Waals surface area contributed by atoms with E-state index >= 15 is 0 Å². The Morgan fingerprint density at radius 2 is 2.04 bits per heavy atom. The van der Waals surface area contributed by atoms with Gasteiger partial charge in [0.25, 0.3) is 5.91 Å². The van der Waals surface area contributed by atoms with Crippen LogP contribution in [0, 0.1) is 5.92 Å². The first-order chi connectivity index (χ1) is 11.3. The molecule has 7 nitrogen and oxygen atoms in total. The van der Waals surface area contributed by atoms with Crippen LogP contribution in [-0.2, 0) is 14.8 Å². The smallest absolute Gasteiger partial charge is 0.251 e. The van der Waals surface area contributed by atoms with Gasteiger partial charge in [-0.1, -0.05) is 0 Å². The zero-order valence-corrected chi connectivity index (χ0v) is 15.2. The monoisotopic (exact) mass is 355 g/mol. The fraction of sp³-hybridized carbons (Fsp3) is 0.562. The van der Waals surface area contributed by atoms with Crippen molar-refractivity contribution < 1.29 is 17.9 Å². The zero-order chi connectivity index (χ0) is 17.7. The van der Waals surface area contributed by atoms with E-state index in [9.17, 15) is 13.2 Å². The molecule has 0 aromatic heterocycles. The van der Waals surface area contributed by atoms with E-state index in [-0.39, 0.29) is 11.8 Å². The SMILES string of the molecule is CN1CCOC[C@@H](CNC(=O)c2ccc(N(C)S(C)(=O)=O)cc2)C1. The molecule has 1 N–H and O–H groups in total. The van der Waals surface area contributed by atoms with Crippen LogP contribution in [0.3, 0.4) is 0 Å². The van der Waals surface area contributed by atoms with Crippen LogP contribution in [0.1, 0.15) is 10.4 Å². The maximum atomic E-state index is 12.2. The number of ether oxygens (including phenoxy) is 1. The molecule has 0 aliphatic carbocycles. The van der Waals surface area contributed by atoms with Crippen molar-refractivity contribution in [2.75, 3.05) is 57.5 Å². The van der Waals surface area contributed by atoms with Crippen LogP contribution in [-0.4, -0.2) is 72.4 Å². The average Bonchev–Trinajstić information content (AvgIpc) is 2.75. The van der Waals surface area contributed by atoms with Crippen molar-refractivity contribution in [3.8, 4) is 0 Å². The standard InChI is InChI=1S/C16H25N3O4S/c1-18-8-9-23-12-13(11-18)10-17-16(20)14-4-6-15(7-5-14)19(2)24(3,21)22/h4-7,13H,8-12H2,1-3H3,(H,17,20)/t13-/m0/s1. The highest BCUT2D eigenvalue weighted by Crippen LogP contribution is 2.16. The highest BCUT2D eigenvalue weighted by molar-refractivity contribution is 7.92. The molecule has 1 aromatic rings. The molecular formula is C16H25N3O4S. The van der Waals surface area contributed by atoms with Crippen LogP contribution < -0.4 is 9.62 Å². The van der Waals surface area contributed by atoms with Crippen molar-refractivity contribution in [2.45, 2.75) is 0 Å². The minimum absolute atomic E-state index is 0.171. The predicted octanol–water partition coefficient (Wildman–Crippen LogP) is 0.390. The van der Waals surface area contributed by atoms with Crippen molar-refractivity contribution >= 4 is 21.6 Å². The Balaban J connectivity index is 1.93. The van der Waals surface area contributed by atoms with Crippen molar-refractivity contribution in [1.82, 2.24) is 10.2 Å². The summed E-state index contributed by atoms with van der Waals surface area (Å²) in [5.41, 5.74) is 1.02. The van der Waals surface area contributed by atoms with Crippen LogP contribution in [0.4, 0.5) is 5.69 Å². The van der Waals surface area contributed by atoms with E-state index in [4.69, 9.17) is 4.74 Å². The summed E-state index contributed by atoms with van der Waals surface area (Å²) in [6.45, 7) is 3.70. The molecule has 1 fully saturated rings. The van der Waals surface area contributed by atoms with Crippen LogP contribution in [0.2, 0.25) is 0 Å². The van der Waals surface area contributed by atoms with E-state index in [0.717, 1.165) is 26.0 Å². The second-order valence-electron chi connectivity index (χ2n) is 6.19. The lowest BCUT2D eigenvalue weighted by Crippen LogP contribution is -2.35. The number of amides is 1. The molecule has 1 atom stereocenters. The second kappa shape index (κ2) is 7.96. The van der Waals surface area contributed by atoms with Crippen LogP contribution in [0.5, 0.6) is 0 Å². The first kappa shape index (κ1) is 18.7. The highest BCUT2D eigenvalue weighted by Gasteiger charge is 2.18. The van der Waals surface area contributed by atoms with Gasteiger partial charge < -0.3 is 15.0 Å². The fourth-order valence-corrected chi connectivity index (χ4v) is 3.04. The van der Waals surface area contributed by atoms with Gasteiger partial charge in [-0.2, -0.15) is 0 Å². The van der Waals surface area contributed by atoms with Gasteiger partial charge in [0.1, 0.15) is 0 Å². The van der Waals surface area contributed by atoms with Crippen molar-refractivity contribution in [2.24, 2.45) is 5.92 Å². The molecule has 1 aliphatic rings. The molecule has 0 unspecified atom stereocenters. The number of likely N-dealkylation sites (N-methyl/N-ethyl adjacent to an activating group) is 1. The number of sulfonamides is 1. The predicted molar refractivity (Wildman–Crippen MR) is 93.8 cm³/mol. The normalized spacial score (nSPS) is 19.5. The van der Waals surface area contributed by atoms with Gasteiger partial charge in [0.15, 0.2) is 0 Å². The van der Waals surface area contributed by atoms with Gasteiger partial charge >= 0.3 is 0 Å². The van der Waals surface area contributed by atoms with E-state index in [2.05, 4.69) is 10.2 Å². The topological polar surface area (TPSA) is 79.0 Å². The lowest BCUT2D eigenvalue weighted by Gasteiger charge is -2.19. The molecule has 0 bridgehead atoms. The van der Waals surface area contributed by atoms with Gasteiger partial charge in [0, 0.05) is 38.2 Å². The molecule has 24 heavy (non-hydrogen) atoms. The molecule has 1 heterocycles. The van der Waals surface area contributed by atoms with Gasteiger partial charge in [-0.05, 0) is 31.3 Å². The summed E-state index contributed by atoms with van der Waals surface area (Å²) in [5.74, 6) is 0.0903. The third kappa shape index (κ3) is 5.19. The summed E-state index contributed by atoms with van der Waals surface area (Å²) >= 11 is 0. The summed E-state index contributed by atoms with van der Waals surface area (Å²) < 4.78 is 29.7. The summed E-state index contributed by atoms with van der Waals surface area (Å²) in [5, 5.41) is 2.92. The van der Waals surface area contributed by atoms with Crippen LogP contribution in [0.15, 0.2) is 24.3 Å². The maximum absolute atomic E-state index is 12.2. The van der Waals surface area contributed by atoms with Crippen molar-refractivity contribution in [3.05, 3.63) is 29.8 Å². The lowest BCUT2D eigenvalue weighted by molar-refractivity contribution is 0.0921. The Morgan fingerprint density at radius 3 is 2.67 bits per heavy atom. The van der Waals surface area contributed by atoms with Gasteiger partial charge in [0.05, 0.1) is 25.2 Å². The third-order valence-corrected chi connectivity index (χ3v) is 5.29. The van der Waals surface area contributed by atoms with Crippen LogP contribution >= 0.6 is 0 Å². The molecule has 1 aromatic carbocycles. The van der Waals surface area contributed by atoms with Gasteiger partial charge in [-0.25, -0.2) is 8.42 Å². The Hall–Kier alpha value is -1.64. The highest BCUT2D eigenvalue weighted by atomic mass is 32.2. The quantitative estimate of drug-likeness (QED) is 0.827. The first-order valence-electron chi connectivity index (χ1n) is 7.86. The first-order valence-corrected chi connectivity index (χ1v) is 9.70. The average molecular weight is 355 g/mol. The van der Waals surface area contributed by atoms with E-state index in [1.165, 1.54) is 11.4 Å². The molecule has 1 amide bonds. The summed E-state index contributed by atoms with van der Waals surface area (Å²) in [6.07, 6.45) is 1.14. The number of benzene rings is 1.